The van der Waals surface area contributed by atoms with Gasteiger partial charge < -0.3 is 24.4 Å². The molecular formula is C30H39NO8. The number of fused-ring (bicyclic) bond motifs is 4. The highest BCUT2D eigenvalue weighted by molar-refractivity contribution is 6.00. The summed E-state index contributed by atoms with van der Waals surface area (Å²) in [4.78, 5) is 43.2. The molecule has 0 amide bonds. The monoisotopic (exact) mass is 541 g/mol. The molecule has 4 bridgehead atoms. The van der Waals surface area contributed by atoms with E-state index in [1.165, 1.54) is 0 Å². The summed E-state index contributed by atoms with van der Waals surface area (Å²) in [6.07, 6.45) is 2.08. The van der Waals surface area contributed by atoms with Crippen LogP contribution in [-0.2, 0) is 28.6 Å². The first-order valence-corrected chi connectivity index (χ1v) is 14.8. The molecule has 0 unspecified atom stereocenters. The molecule has 212 valence electrons. The lowest BCUT2D eigenvalue weighted by atomic mass is 9.33. The molecule has 13 atom stereocenters. The zero-order valence-electron chi connectivity index (χ0n) is 23.1. The number of Topliss-reactive ketones (excluding diaryl/α,β-unsaturated/α-hetero) is 1. The molecule has 4 spiro atoms. The molecule has 9 nitrogen and oxygen atoms in total. The Labute approximate surface area is 228 Å². The Balaban J connectivity index is 1.40. The quantitative estimate of drug-likeness (QED) is 0.440. The number of nitrogens with zero attached hydrogens (tertiary/aromatic N) is 1. The summed E-state index contributed by atoms with van der Waals surface area (Å²) >= 11 is 0. The van der Waals surface area contributed by atoms with Gasteiger partial charge in [0.1, 0.15) is 11.9 Å². The predicted octanol–water partition coefficient (Wildman–Crippen LogP) is 1.59. The lowest BCUT2D eigenvalue weighted by molar-refractivity contribution is -0.377. The summed E-state index contributed by atoms with van der Waals surface area (Å²) < 4.78 is 19.4. The average molecular weight is 542 g/mol. The number of hydrogen-bond donors (Lipinski definition) is 2. The molecule has 5 heterocycles. The molecule has 7 fully saturated rings. The first-order chi connectivity index (χ1) is 18.4. The number of piperidine rings is 1. The van der Waals surface area contributed by atoms with Gasteiger partial charge in [-0.3, -0.25) is 14.4 Å². The molecule has 0 aromatic rings. The van der Waals surface area contributed by atoms with Crippen LogP contribution in [0.4, 0.5) is 0 Å². The van der Waals surface area contributed by atoms with Crippen LogP contribution in [0.15, 0.2) is 11.6 Å². The van der Waals surface area contributed by atoms with Gasteiger partial charge in [-0.25, -0.2) is 4.90 Å². The fourth-order valence-electron chi connectivity index (χ4n) is 11.7. The third-order valence-electron chi connectivity index (χ3n) is 13.2. The minimum Gasteiger partial charge on any atom is -0.465 e. The lowest BCUT2D eigenvalue weighted by Crippen LogP contribution is -2.84. The number of esters is 1. The fraction of sp³-hybridized carbons (Fsp3) is 0.833. The molecule has 5 saturated heterocycles. The second-order valence-electron chi connectivity index (χ2n) is 14.5. The van der Waals surface area contributed by atoms with Gasteiger partial charge in [0, 0.05) is 40.5 Å². The number of allylic oxidation sites excluding steroid dienone is 2. The molecule has 5 aliphatic heterocycles. The van der Waals surface area contributed by atoms with E-state index in [0.717, 1.165) is 5.57 Å². The number of carbonyl (C=O) groups is 3. The number of aliphatic hydroxyl groups excluding tert-OH is 2. The van der Waals surface area contributed by atoms with E-state index in [0.29, 0.717) is 32.2 Å². The summed E-state index contributed by atoms with van der Waals surface area (Å²) in [6.45, 7) is 8.61. The second-order valence-corrected chi connectivity index (χ2v) is 14.5. The van der Waals surface area contributed by atoms with Crippen LogP contribution in [0.2, 0.25) is 0 Å². The number of rotatable bonds is 0. The van der Waals surface area contributed by atoms with Crippen molar-refractivity contribution in [1.29, 1.82) is 0 Å². The van der Waals surface area contributed by atoms with Crippen LogP contribution >= 0.6 is 0 Å². The number of ketones is 2. The van der Waals surface area contributed by atoms with E-state index in [2.05, 4.69) is 11.8 Å². The van der Waals surface area contributed by atoms with Crippen molar-refractivity contribution in [3.63, 3.8) is 0 Å². The van der Waals surface area contributed by atoms with Crippen molar-refractivity contribution < 1.29 is 38.8 Å². The average Bonchev–Trinajstić information content (AvgIpc) is 3.51. The van der Waals surface area contributed by atoms with Gasteiger partial charge in [-0.2, -0.15) is 0 Å². The normalized spacial score (nSPS) is 59.4. The molecule has 39 heavy (non-hydrogen) atoms. The largest absolute Gasteiger partial charge is 0.465 e. The summed E-state index contributed by atoms with van der Waals surface area (Å²) in [7, 11) is 0. The van der Waals surface area contributed by atoms with Crippen molar-refractivity contribution in [3.05, 3.63) is 11.6 Å². The van der Waals surface area contributed by atoms with E-state index < -0.39 is 57.7 Å². The highest BCUT2D eigenvalue weighted by atomic mass is 16.6. The van der Waals surface area contributed by atoms with Crippen LogP contribution < -0.4 is 0 Å². The number of carbonyl (C=O) groups excluding carboxylic acids is 3. The molecule has 2 saturated carbocycles. The molecule has 2 N–H and O–H groups in total. The summed E-state index contributed by atoms with van der Waals surface area (Å²) in [5, 5.41) is 24.5. The molecule has 3 aliphatic carbocycles. The van der Waals surface area contributed by atoms with Gasteiger partial charge in [0.25, 0.3) is 0 Å². The van der Waals surface area contributed by atoms with Gasteiger partial charge in [-0.15, -0.1) is 0 Å². The maximum absolute atomic E-state index is 14.6. The van der Waals surface area contributed by atoms with Crippen LogP contribution in [0.3, 0.4) is 0 Å². The number of cyclic esters (lactones) is 1. The number of ether oxygens (including phenoxy) is 3. The second kappa shape index (κ2) is 7.21. The van der Waals surface area contributed by atoms with Crippen LogP contribution in [-0.4, -0.2) is 82.2 Å². The van der Waals surface area contributed by atoms with Crippen molar-refractivity contribution in [2.75, 3.05) is 19.8 Å². The van der Waals surface area contributed by atoms with E-state index in [1.54, 1.807) is 6.08 Å². The SMILES string of the molecule is CC1=CC(=O)[C@@H]2[C@@H](C1)[C@]13CO[C@@]4([C@H]1O)N1C[C@H]5C[C@H](C)[C@@H](O)[C@]1(CC[C@@]4(C)[C@]1(COC(=O)C1)[C@H]3C(=O)[C@@H]2C)O5. The topological polar surface area (TPSA) is 123 Å². The van der Waals surface area contributed by atoms with Crippen molar-refractivity contribution >= 4 is 17.5 Å². The Kier molecular flexibility index (Phi) is 4.64. The van der Waals surface area contributed by atoms with E-state index in [1.807, 2.05) is 20.8 Å². The smallest absolute Gasteiger partial charge is 0.306 e. The molecule has 0 radical (unpaired) electrons. The van der Waals surface area contributed by atoms with Crippen LogP contribution in [0.1, 0.15) is 59.8 Å². The first-order valence-electron chi connectivity index (χ1n) is 14.8. The highest BCUT2D eigenvalue weighted by Crippen LogP contribution is 2.80. The van der Waals surface area contributed by atoms with Crippen molar-refractivity contribution in [1.82, 2.24) is 4.90 Å². The van der Waals surface area contributed by atoms with E-state index in [4.69, 9.17) is 14.2 Å². The lowest BCUT2D eigenvalue weighted by Gasteiger charge is -2.73. The zero-order valence-corrected chi connectivity index (χ0v) is 23.1. The maximum Gasteiger partial charge on any atom is 0.306 e. The van der Waals surface area contributed by atoms with Crippen molar-refractivity contribution in [2.24, 2.45) is 45.8 Å². The van der Waals surface area contributed by atoms with Crippen molar-refractivity contribution in [2.45, 2.75) is 89.6 Å². The number of aliphatic hydroxyl groups is 2. The first kappa shape index (κ1) is 25.1. The Morgan fingerprint density at radius 1 is 1.10 bits per heavy atom. The van der Waals surface area contributed by atoms with E-state index in [-0.39, 0.29) is 55.1 Å². The van der Waals surface area contributed by atoms with Gasteiger partial charge in [0.15, 0.2) is 17.2 Å². The van der Waals surface area contributed by atoms with Gasteiger partial charge >= 0.3 is 5.97 Å². The maximum atomic E-state index is 14.6. The molecule has 8 rings (SSSR count). The summed E-state index contributed by atoms with van der Waals surface area (Å²) in [6, 6.07) is 0. The Hall–Kier alpha value is -1.65. The standard InChI is InChI=1S/C30H39NO8/c1-14-7-18-21(19(32)8-14)16(3)22(34)23-27(10-20(33)37-12-27)26(4)5-6-29-24(35)15(2)9-17(39-29)11-31(29)30(26)25(36)28(18,23)13-38-30/h8,15-18,21,23-25,35-36H,5-7,9-13H2,1-4H3/t15-,16+,17+,18+,21-,23+,24+,25-,26-,27+,28-,29-,30+/m0/s1. The van der Waals surface area contributed by atoms with E-state index >= 15 is 0 Å². The minimum absolute atomic E-state index is 0.0222. The van der Waals surface area contributed by atoms with Crippen LogP contribution in [0, 0.1) is 45.8 Å². The van der Waals surface area contributed by atoms with Gasteiger partial charge in [0.05, 0.1) is 31.8 Å². The molecule has 9 heteroatoms. The minimum atomic E-state index is -1.29. The zero-order chi connectivity index (χ0) is 27.5. The fourth-order valence-corrected chi connectivity index (χ4v) is 11.7. The summed E-state index contributed by atoms with van der Waals surface area (Å²) in [5.74, 6) is -2.47. The molecule has 0 aromatic carbocycles. The Bertz CT molecular complexity index is 1250. The van der Waals surface area contributed by atoms with Gasteiger partial charge in [-0.05, 0) is 50.5 Å². The number of hydrogen-bond acceptors (Lipinski definition) is 9. The Morgan fingerprint density at radius 2 is 1.87 bits per heavy atom. The summed E-state index contributed by atoms with van der Waals surface area (Å²) in [5.41, 5.74) is -4.15. The van der Waals surface area contributed by atoms with Crippen LogP contribution in [0.25, 0.3) is 0 Å². The third-order valence-corrected chi connectivity index (χ3v) is 13.2. The highest BCUT2D eigenvalue weighted by Gasteiger charge is 2.89. The molecule has 0 aromatic heterocycles. The third kappa shape index (κ3) is 2.38. The molecular weight excluding hydrogens is 502 g/mol. The van der Waals surface area contributed by atoms with E-state index in [9.17, 15) is 24.6 Å². The van der Waals surface area contributed by atoms with Crippen molar-refractivity contribution in [3.8, 4) is 0 Å². The van der Waals surface area contributed by atoms with Gasteiger partial charge in [0.2, 0.25) is 0 Å². The predicted molar refractivity (Wildman–Crippen MR) is 135 cm³/mol. The molecule has 8 aliphatic rings. The Morgan fingerprint density at radius 3 is 2.59 bits per heavy atom. The van der Waals surface area contributed by atoms with Crippen LogP contribution in [0.5, 0.6) is 0 Å². The van der Waals surface area contributed by atoms with Gasteiger partial charge in [-0.1, -0.05) is 26.3 Å².